The van der Waals surface area contributed by atoms with Crippen molar-refractivity contribution in [2.24, 2.45) is 0 Å². The molecule has 0 aromatic carbocycles. The van der Waals surface area contributed by atoms with Gasteiger partial charge in [-0.15, -0.1) is 5.10 Å². The molecule has 2 heterocycles. The van der Waals surface area contributed by atoms with Crippen LogP contribution in [0.15, 0.2) is 22.8 Å². The molecule has 0 amide bonds. The lowest BCUT2D eigenvalue weighted by atomic mass is 9.96. The molecule has 1 saturated carbocycles. The number of rotatable bonds is 4. The monoisotopic (exact) mass is 261 g/mol. The number of hydrogen-bond donors (Lipinski definition) is 0. The lowest BCUT2D eigenvalue weighted by Crippen LogP contribution is -2.17. The Kier molecular flexibility index (Phi) is 3.64. The molecule has 2 aromatic rings. The molecule has 0 unspecified atom stereocenters. The lowest BCUT2D eigenvalue weighted by molar-refractivity contribution is 0.167. The van der Waals surface area contributed by atoms with Gasteiger partial charge in [0.05, 0.1) is 12.3 Å². The highest BCUT2D eigenvalue weighted by Crippen LogP contribution is 2.29. The van der Waals surface area contributed by atoms with Gasteiger partial charge in [0, 0.05) is 7.11 Å². The molecule has 19 heavy (non-hydrogen) atoms. The molecule has 0 radical (unpaired) electrons. The maximum absolute atomic E-state index is 5.37. The summed E-state index contributed by atoms with van der Waals surface area (Å²) in [5.41, 5.74) is 0. The molecule has 1 fully saturated rings. The second-order valence-electron chi connectivity index (χ2n) is 5.00. The second-order valence-corrected chi connectivity index (χ2v) is 5.00. The molecule has 2 aromatic heterocycles. The van der Waals surface area contributed by atoms with Gasteiger partial charge >= 0.3 is 0 Å². The third-order valence-corrected chi connectivity index (χ3v) is 3.64. The zero-order valence-corrected chi connectivity index (χ0v) is 11.2. The Morgan fingerprint density at radius 1 is 1.37 bits per heavy atom. The average Bonchev–Trinajstić information content (AvgIpc) is 3.08. The van der Waals surface area contributed by atoms with Crippen LogP contribution in [0.1, 0.15) is 44.0 Å². The van der Waals surface area contributed by atoms with Crippen LogP contribution in [0.4, 0.5) is 0 Å². The number of hydrogen-bond acceptors (Lipinski definition) is 4. The van der Waals surface area contributed by atoms with Crippen LogP contribution in [0, 0.1) is 0 Å². The zero-order valence-electron chi connectivity index (χ0n) is 11.2. The quantitative estimate of drug-likeness (QED) is 0.848. The molecule has 102 valence electrons. The van der Waals surface area contributed by atoms with E-state index in [2.05, 4.69) is 10.1 Å². The van der Waals surface area contributed by atoms with E-state index < -0.39 is 0 Å². The summed E-state index contributed by atoms with van der Waals surface area (Å²) in [7, 11) is 1.69. The van der Waals surface area contributed by atoms with Gasteiger partial charge in [-0.05, 0) is 25.0 Å². The van der Waals surface area contributed by atoms with Gasteiger partial charge in [-0.2, -0.15) is 0 Å². The molecule has 0 bridgehead atoms. The van der Waals surface area contributed by atoms with Gasteiger partial charge in [-0.3, -0.25) is 0 Å². The van der Waals surface area contributed by atoms with Gasteiger partial charge in [-0.1, -0.05) is 19.3 Å². The van der Waals surface area contributed by atoms with E-state index in [-0.39, 0.29) is 0 Å². The van der Waals surface area contributed by atoms with Crippen LogP contribution in [-0.4, -0.2) is 21.9 Å². The third-order valence-electron chi connectivity index (χ3n) is 3.64. The van der Waals surface area contributed by atoms with E-state index in [0.29, 0.717) is 24.2 Å². The number of nitrogens with zero attached hydrogens (tertiary/aromatic N) is 3. The number of furan rings is 1. The first-order valence-corrected chi connectivity index (χ1v) is 6.86. The number of aromatic nitrogens is 3. The Morgan fingerprint density at radius 2 is 2.21 bits per heavy atom. The fourth-order valence-corrected chi connectivity index (χ4v) is 2.71. The smallest absolute Gasteiger partial charge is 0.217 e. The van der Waals surface area contributed by atoms with Crippen LogP contribution in [-0.2, 0) is 11.3 Å². The summed E-state index contributed by atoms with van der Waals surface area (Å²) in [4.78, 5) is 4.55. The first-order valence-electron chi connectivity index (χ1n) is 6.86. The summed E-state index contributed by atoms with van der Waals surface area (Å²) in [6.45, 7) is 0.490. The fraction of sp³-hybridized carbons (Fsp3) is 0.571. The molecule has 3 rings (SSSR count). The molecule has 0 atom stereocenters. The van der Waals surface area contributed by atoms with Crippen LogP contribution >= 0.6 is 0 Å². The van der Waals surface area contributed by atoms with Gasteiger partial charge in [0.2, 0.25) is 5.82 Å². The summed E-state index contributed by atoms with van der Waals surface area (Å²) in [6, 6.07) is 4.19. The van der Waals surface area contributed by atoms with Gasteiger partial charge in [-0.25, -0.2) is 9.67 Å². The minimum Gasteiger partial charge on any atom is -0.461 e. The van der Waals surface area contributed by atoms with Crippen LogP contribution < -0.4 is 0 Å². The van der Waals surface area contributed by atoms with Gasteiger partial charge in [0.15, 0.2) is 11.6 Å². The molecule has 1 aliphatic carbocycles. The minimum absolute atomic E-state index is 0.454. The molecule has 0 spiro atoms. The summed E-state index contributed by atoms with van der Waals surface area (Å²) in [6.07, 6.45) is 7.87. The van der Waals surface area contributed by atoms with Crippen molar-refractivity contribution in [1.29, 1.82) is 0 Å². The van der Waals surface area contributed by atoms with Crippen molar-refractivity contribution in [1.82, 2.24) is 14.8 Å². The zero-order chi connectivity index (χ0) is 13.1. The van der Waals surface area contributed by atoms with Crippen molar-refractivity contribution in [2.75, 3.05) is 7.11 Å². The Bertz CT molecular complexity index is 513. The van der Waals surface area contributed by atoms with Crippen molar-refractivity contribution < 1.29 is 9.15 Å². The van der Waals surface area contributed by atoms with Crippen LogP contribution in [0.2, 0.25) is 0 Å². The number of ether oxygens (including phenoxy) is 1. The first kappa shape index (κ1) is 12.4. The van der Waals surface area contributed by atoms with E-state index >= 15 is 0 Å². The third kappa shape index (κ3) is 2.56. The summed E-state index contributed by atoms with van der Waals surface area (Å²) in [5.74, 6) is 2.26. The van der Waals surface area contributed by atoms with E-state index in [0.717, 1.165) is 5.82 Å². The molecule has 0 N–H and O–H groups in total. The van der Waals surface area contributed by atoms with Crippen LogP contribution in [0.5, 0.6) is 0 Å². The maximum atomic E-state index is 5.37. The lowest BCUT2D eigenvalue weighted by Gasteiger charge is -2.22. The fourth-order valence-electron chi connectivity index (χ4n) is 2.71. The largest absolute Gasteiger partial charge is 0.461 e. The Hall–Kier alpha value is -1.62. The van der Waals surface area contributed by atoms with E-state index in [9.17, 15) is 0 Å². The standard InChI is InChI=1S/C14H19N3O2/c1-18-10-13-15-14(12-8-5-9-19-12)16-17(13)11-6-3-2-4-7-11/h5,8-9,11H,2-4,6-7,10H2,1H3. The Labute approximate surface area is 112 Å². The van der Waals surface area contributed by atoms with E-state index in [1.165, 1.54) is 32.1 Å². The highest BCUT2D eigenvalue weighted by atomic mass is 16.5. The van der Waals surface area contributed by atoms with E-state index in [4.69, 9.17) is 9.15 Å². The maximum Gasteiger partial charge on any atom is 0.217 e. The molecule has 0 aliphatic heterocycles. The predicted molar refractivity (Wildman–Crippen MR) is 70.6 cm³/mol. The van der Waals surface area contributed by atoms with Crippen molar-refractivity contribution in [3.8, 4) is 11.6 Å². The second kappa shape index (κ2) is 5.57. The predicted octanol–water partition coefficient (Wildman–Crippen LogP) is 3.19. The van der Waals surface area contributed by atoms with Crippen LogP contribution in [0.3, 0.4) is 0 Å². The Balaban J connectivity index is 1.92. The Morgan fingerprint density at radius 3 is 2.89 bits per heavy atom. The molecule has 0 saturated heterocycles. The SMILES string of the molecule is COCc1nc(-c2ccco2)nn1C1CCCCC1. The number of methoxy groups -OCH3 is 1. The summed E-state index contributed by atoms with van der Waals surface area (Å²) >= 11 is 0. The summed E-state index contributed by atoms with van der Waals surface area (Å²) in [5, 5.41) is 4.63. The normalized spacial score (nSPS) is 16.9. The highest BCUT2D eigenvalue weighted by molar-refractivity contribution is 5.45. The average molecular weight is 261 g/mol. The molecule has 5 heteroatoms. The molecular weight excluding hydrogens is 242 g/mol. The van der Waals surface area contributed by atoms with Crippen molar-refractivity contribution in [3.63, 3.8) is 0 Å². The van der Waals surface area contributed by atoms with Crippen molar-refractivity contribution >= 4 is 0 Å². The van der Waals surface area contributed by atoms with Crippen molar-refractivity contribution in [3.05, 3.63) is 24.2 Å². The van der Waals surface area contributed by atoms with Crippen molar-refractivity contribution in [2.45, 2.75) is 44.8 Å². The van der Waals surface area contributed by atoms with E-state index in [1.807, 2.05) is 16.8 Å². The van der Waals surface area contributed by atoms with E-state index in [1.54, 1.807) is 13.4 Å². The van der Waals surface area contributed by atoms with Gasteiger partial charge in [0.1, 0.15) is 6.61 Å². The topological polar surface area (TPSA) is 53.1 Å². The first-order chi connectivity index (χ1) is 9.38. The summed E-state index contributed by atoms with van der Waals surface area (Å²) < 4.78 is 12.7. The molecular formula is C14H19N3O2. The minimum atomic E-state index is 0.454. The van der Waals surface area contributed by atoms with Gasteiger partial charge in [0.25, 0.3) is 0 Å². The highest BCUT2D eigenvalue weighted by Gasteiger charge is 2.22. The molecule has 5 nitrogen and oxygen atoms in total. The molecule has 1 aliphatic rings. The van der Waals surface area contributed by atoms with Crippen LogP contribution in [0.25, 0.3) is 11.6 Å². The van der Waals surface area contributed by atoms with Gasteiger partial charge < -0.3 is 9.15 Å².